The van der Waals surface area contributed by atoms with Gasteiger partial charge in [0.1, 0.15) is 5.75 Å². The minimum Gasteiger partial charge on any atom is -0.497 e. The smallest absolute Gasteiger partial charge is 0.121 e. The van der Waals surface area contributed by atoms with Gasteiger partial charge in [-0.1, -0.05) is 18.9 Å². The van der Waals surface area contributed by atoms with Crippen LogP contribution in [0.4, 0.5) is 5.69 Å². The molecule has 2 heterocycles. The average Bonchev–Trinajstić information content (AvgIpc) is 2.62. The first-order chi connectivity index (χ1) is 11.4. The Morgan fingerprint density at radius 3 is 3.09 bits per heavy atom. The van der Waals surface area contributed by atoms with Gasteiger partial charge in [0.05, 0.1) is 18.3 Å². The molecule has 1 atom stereocenters. The molecule has 1 saturated heterocycles. The van der Waals surface area contributed by atoms with Crippen LogP contribution in [0.1, 0.15) is 38.5 Å². The van der Waals surface area contributed by atoms with Gasteiger partial charge in [-0.25, -0.2) is 0 Å². The monoisotopic (exact) mass is 313 g/mol. The fourth-order valence-electron chi connectivity index (χ4n) is 3.33. The maximum Gasteiger partial charge on any atom is 0.121 e. The van der Waals surface area contributed by atoms with E-state index in [1.807, 2.05) is 24.4 Å². The lowest BCUT2D eigenvalue weighted by atomic mass is 10.00. The molecule has 0 radical (unpaired) electrons. The number of aromatic nitrogens is 1. The molecule has 4 nitrogen and oxygen atoms in total. The van der Waals surface area contributed by atoms with E-state index in [0.29, 0.717) is 0 Å². The van der Waals surface area contributed by atoms with E-state index in [4.69, 9.17) is 4.74 Å². The van der Waals surface area contributed by atoms with E-state index in [1.54, 1.807) is 7.11 Å². The molecular formula is C19H27N3O. The van der Waals surface area contributed by atoms with Gasteiger partial charge in [-0.15, -0.1) is 0 Å². The van der Waals surface area contributed by atoms with E-state index >= 15 is 0 Å². The third-order valence-electron chi connectivity index (χ3n) is 4.62. The molecule has 124 valence electrons. The molecule has 2 N–H and O–H groups in total. The van der Waals surface area contributed by atoms with Crippen LogP contribution in [0.25, 0.3) is 10.9 Å². The molecule has 1 aromatic carbocycles. The SMILES string of the molecule is COc1cc(NCCCC[C@@H]2CCCCN2)c2ncccc2c1. The number of hydrogen-bond acceptors (Lipinski definition) is 4. The van der Waals surface area contributed by atoms with Crippen molar-refractivity contribution in [1.82, 2.24) is 10.3 Å². The van der Waals surface area contributed by atoms with Crippen LogP contribution >= 0.6 is 0 Å². The second-order valence-corrected chi connectivity index (χ2v) is 6.32. The van der Waals surface area contributed by atoms with Gasteiger partial charge < -0.3 is 15.4 Å². The van der Waals surface area contributed by atoms with Crippen molar-refractivity contribution in [2.75, 3.05) is 25.5 Å². The van der Waals surface area contributed by atoms with Gasteiger partial charge >= 0.3 is 0 Å². The highest BCUT2D eigenvalue weighted by Gasteiger charge is 2.11. The summed E-state index contributed by atoms with van der Waals surface area (Å²) in [5, 5.41) is 8.27. The van der Waals surface area contributed by atoms with Gasteiger partial charge in [-0.3, -0.25) is 4.98 Å². The Morgan fingerprint density at radius 1 is 1.30 bits per heavy atom. The van der Waals surface area contributed by atoms with E-state index < -0.39 is 0 Å². The third-order valence-corrected chi connectivity index (χ3v) is 4.62. The zero-order valence-electron chi connectivity index (χ0n) is 14.0. The summed E-state index contributed by atoms with van der Waals surface area (Å²) in [5.41, 5.74) is 2.08. The quantitative estimate of drug-likeness (QED) is 0.759. The van der Waals surface area contributed by atoms with Crippen LogP contribution in [-0.4, -0.2) is 31.2 Å². The van der Waals surface area contributed by atoms with Crippen molar-refractivity contribution in [3.8, 4) is 5.75 Å². The number of anilines is 1. The van der Waals surface area contributed by atoms with Crippen LogP contribution in [0.3, 0.4) is 0 Å². The summed E-state index contributed by atoms with van der Waals surface area (Å²) in [7, 11) is 1.71. The van der Waals surface area contributed by atoms with Crippen molar-refractivity contribution < 1.29 is 4.74 Å². The summed E-state index contributed by atoms with van der Waals surface area (Å²) >= 11 is 0. The molecule has 23 heavy (non-hydrogen) atoms. The summed E-state index contributed by atoms with van der Waals surface area (Å²) in [5.74, 6) is 0.874. The number of hydrogen-bond donors (Lipinski definition) is 2. The number of methoxy groups -OCH3 is 1. The van der Waals surface area contributed by atoms with E-state index in [9.17, 15) is 0 Å². The number of nitrogens with one attached hydrogen (secondary N) is 2. The van der Waals surface area contributed by atoms with E-state index in [0.717, 1.165) is 34.9 Å². The molecule has 0 aliphatic carbocycles. The Kier molecular flexibility index (Phi) is 5.70. The molecule has 2 aromatic rings. The van der Waals surface area contributed by atoms with Gasteiger partial charge in [-0.2, -0.15) is 0 Å². The molecule has 0 amide bonds. The minimum absolute atomic E-state index is 0.739. The Morgan fingerprint density at radius 2 is 2.26 bits per heavy atom. The summed E-state index contributed by atoms with van der Waals surface area (Å²) in [6, 6.07) is 8.84. The van der Waals surface area contributed by atoms with Crippen LogP contribution in [-0.2, 0) is 0 Å². The minimum atomic E-state index is 0.739. The van der Waals surface area contributed by atoms with E-state index in [2.05, 4.69) is 21.7 Å². The predicted octanol–water partition coefficient (Wildman–Crippen LogP) is 3.97. The first-order valence-electron chi connectivity index (χ1n) is 8.77. The standard InChI is InChI=1S/C19H27N3O/c1-23-17-13-15-7-6-12-22-19(15)18(14-17)21-11-5-3-9-16-8-2-4-10-20-16/h6-7,12-14,16,20-21H,2-5,8-11H2,1H3/t16-/m0/s1. The summed E-state index contributed by atoms with van der Waals surface area (Å²) in [4.78, 5) is 4.50. The summed E-state index contributed by atoms with van der Waals surface area (Å²) < 4.78 is 5.39. The zero-order chi connectivity index (χ0) is 15.9. The van der Waals surface area contributed by atoms with Gasteiger partial charge in [0.25, 0.3) is 0 Å². The Balaban J connectivity index is 1.52. The molecule has 0 bridgehead atoms. The molecule has 1 aliphatic rings. The highest BCUT2D eigenvalue weighted by atomic mass is 16.5. The van der Waals surface area contributed by atoms with Gasteiger partial charge in [0, 0.05) is 30.2 Å². The number of nitrogens with zero attached hydrogens (tertiary/aromatic N) is 1. The lowest BCUT2D eigenvalue weighted by Crippen LogP contribution is -2.33. The maximum atomic E-state index is 5.39. The maximum absolute atomic E-state index is 5.39. The largest absolute Gasteiger partial charge is 0.497 e. The van der Waals surface area contributed by atoms with Crippen molar-refractivity contribution in [2.24, 2.45) is 0 Å². The Hall–Kier alpha value is -1.81. The number of piperidine rings is 1. The fourth-order valence-corrected chi connectivity index (χ4v) is 3.33. The predicted molar refractivity (Wildman–Crippen MR) is 96.3 cm³/mol. The van der Waals surface area contributed by atoms with Crippen LogP contribution < -0.4 is 15.4 Å². The molecule has 1 fully saturated rings. The molecule has 0 saturated carbocycles. The summed E-state index contributed by atoms with van der Waals surface area (Å²) in [6.45, 7) is 2.18. The fraction of sp³-hybridized carbons (Fsp3) is 0.526. The lowest BCUT2D eigenvalue weighted by Gasteiger charge is -2.23. The van der Waals surface area contributed by atoms with Crippen molar-refractivity contribution >= 4 is 16.6 Å². The molecule has 0 unspecified atom stereocenters. The number of fused-ring (bicyclic) bond motifs is 1. The molecule has 1 aromatic heterocycles. The van der Waals surface area contributed by atoms with Crippen LogP contribution in [0, 0.1) is 0 Å². The van der Waals surface area contributed by atoms with Gasteiger partial charge in [0.2, 0.25) is 0 Å². The Labute approximate surface area is 138 Å². The molecule has 1 aliphatic heterocycles. The highest BCUT2D eigenvalue weighted by molar-refractivity contribution is 5.91. The topological polar surface area (TPSA) is 46.2 Å². The number of rotatable bonds is 7. The average molecular weight is 313 g/mol. The van der Waals surface area contributed by atoms with E-state index in [-0.39, 0.29) is 0 Å². The van der Waals surface area contributed by atoms with Gasteiger partial charge in [-0.05, 0) is 44.4 Å². The van der Waals surface area contributed by atoms with Crippen LogP contribution in [0.5, 0.6) is 5.75 Å². The number of unbranched alkanes of at least 4 members (excludes halogenated alkanes) is 1. The third kappa shape index (κ3) is 4.35. The highest BCUT2D eigenvalue weighted by Crippen LogP contribution is 2.27. The second kappa shape index (κ2) is 8.16. The first-order valence-corrected chi connectivity index (χ1v) is 8.77. The van der Waals surface area contributed by atoms with Crippen molar-refractivity contribution in [1.29, 1.82) is 0 Å². The van der Waals surface area contributed by atoms with Crippen molar-refractivity contribution in [3.63, 3.8) is 0 Å². The molecule has 0 spiro atoms. The van der Waals surface area contributed by atoms with Gasteiger partial charge in [0.15, 0.2) is 0 Å². The van der Waals surface area contributed by atoms with Crippen LogP contribution in [0.15, 0.2) is 30.5 Å². The second-order valence-electron chi connectivity index (χ2n) is 6.32. The summed E-state index contributed by atoms with van der Waals surface area (Å²) in [6.07, 6.45) is 9.65. The number of pyridine rings is 1. The van der Waals surface area contributed by atoms with Crippen molar-refractivity contribution in [3.05, 3.63) is 30.5 Å². The molecule has 4 heteroatoms. The normalized spacial score (nSPS) is 18.0. The Bertz CT molecular complexity index is 623. The lowest BCUT2D eigenvalue weighted by molar-refractivity contribution is 0.374. The van der Waals surface area contributed by atoms with Crippen LogP contribution in [0.2, 0.25) is 0 Å². The molecule has 3 rings (SSSR count). The van der Waals surface area contributed by atoms with Crippen molar-refractivity contribution in [2.45, 2.75) is 44.6 Å². The molecular weight excluding hydrogens is 286 g/mol. The zero-order valence-corrected chi connectivity index (χ0v) is 14.0. The van der Waals surface area contributed by atoms with E-state index in [1.165, 1.54) is 45.1 Å². The number of benzene rings is 1. The number of ether oxygens (including phenoxy) is 1. The first kappa shape index (κ1) is 16.1.